The van der Waals surface area contributed by atoms with Gasteiger partial charge in [-0.3, -0.25) is 9.59 Å². The zero-order valence-corrected chi connectivity index (χ0v) is 11.7. The predicted octanol–water partition coefficient (Wildman–Crippen LogP) is 0.242. The van der Waals surface area contributed by atoms with E-state index in [1.165, 1.54) is 0 Å². The van der Waals surface area contributed by atoms with E-state index in [9.17, 15) is 9.59 Å². The van der Waals surface area contributed by atoms with Crippen molar-refractivity contribution in [1.82, 2.24) is 10.6 Å². The van der Waals surface area contributed by atoms with E-state index in [4.69, 9.17) is 5.73 Å². The number of amides is 2. The Hall–Kier alpha value is -0.750. The van der Waals surface area contributed by atoms with Gasteiger partial charge in [-0.2, -0.15) is 11.8 Å². The molecule has 0 radical (unpaired) electrons. The summed E-state index contributed by atoms with van der Waals surface area (Å²) in [5.41, 5.74) is 5.71. The van der Waals surface area contributed by atoms with Gasteiger partial charge in [-0.05, 0) is 37.7 Å². The molecule has 1 saturated carbocycles. The molecule has 0 aliphatic heterocycles. The summed E-state index contributed by atoms with van der Waals surface area (Å²) in [6, 6.07) is -0.0233. The number of carbonyl (C=O) groups is 2. The number of carbonyl (C=O) groups excluding carboxylic acids is 2. The minimum absolute atomic E-state index is 0.0819. The fourth-order valence-corrected chi connectivity index (χ4v) is 1.98. The van der Waals surface area contributed by atoms with Gasteiger partial charge in [0.15, 0.2) is 0 Å². The number of nitrogens with one attached hydrogen (secondary N) is 2. The van der Waals surface area contributed by atoms with Gasteiger partial charge in [-0.25, -0.2) is 0 Å². The van der Waals surface area contributed by atoms with E-state index in [1.807, 2.05) is 6.26 Å². The molecule has 18 heavy (non-hydrogen) atoms. The van der Waals surface area contributed by atoms with Gasteiger partial charge in [0.25, 0.3) is 0 Å². The number of nitrogens with two attached hydrogens (primary N) is 1. The highest BCUT2D eigenvalue weighted by atomic mass is 32.2. The van der Waals surface area contributed by atoms with Crippen molar-refractivity contribution < 1.29 is 9.59 Å². The van der Waals surface area contributed by atoms with Gasteiger partial charge in [0.2, 0.25) is 11.8 Å². The van der Waals surface area contributed by atoms with Gasteiger partial charge in [0.1, 0.15) is 0 Å². The Morgan fingerprint density at radius 3 is 2.78 bits per heavy atom. The molecular weight excluding hydrogens is 250 g/mol. The summed E-state index contributed by atoms with van der Waals surface area (Å²) in [7, 11) is 0. The Bertz CT molecular complexity index is 282. The molecule has 1 aliphatic carbocycles. The molecule has 0 spiro atoms. The third-order valence-corrected chi connectivity index (χ3v) is 3.44. The molecule has 0 heterocycles. The fourth-order valence-electron chi connectivity index (χ4n) is 1.50. The molecule has 1 aliphatic rings. The maximum atomic E-state index is 11.5. The largest absolute Gasteiger partial charge is 0.355 e. The third-order valence-electron chi connectivity index (χ3n) is 2.79. The standard InChI is InChI=1S/C12H23N3O2S/c1-18-8-6-10(13)12(17)14-7-2-3-11(16)15-9-4-5-9/h9-10H,2-8,13H2,1H3,(H,14,17)(H,15,16)/t10-/m0/s1. The van der Waals surface area contributed by atoms with Crippen molar-refractivity contribution in [2.45, 2.75) is 44.2 Å². The van der Waals surface area contributed by atoms with Gasteiger partial charge in [0, 0.05) is 19.0 Å². The van der Waals surface area contributed by atoms with Crippen molar-refractivity contribution in [3.63, 3.8) is 0 Å². The summed E-state index contributed by atoms with van der Waals surface area (Å²) in [6.45, 7) is 0.518. The minimum atomic E-state index is -0.433. The van der Waals surface area contributed by atoms with Crippen LogP contribution >= 0.6 is 11.8 Å². The molecule has 2 amide bonds. The average molecular weight is 273 g/mol. The van der Waals surface area contributed by atoms with E-state index in [0.29, 0.717) is 31.8 Å². The Morgan fingerprint density at radius 2 is 2.17 bits per heavy atom. The van der Waals surface area contributed by atoms with Crippen molar-refractivity contribution in [2.75, 3.05) is 18.6 Å². The lowest BCUT2D eigenvalue weighted by Gasteiger charge is -2.11. The van der Waals surface area contributed by atoms with Crippen LogP contribution in [0.15, 0.2) is 0 Å². The Balaban J connectivity index is 1.98. The van der Waals surface area contributed by atoms with E-state index in [-0.39, 0.29) is 11.8 Å². The molecule has 0 saturated heterocycles. The summed E-state index contributed by atoms with van der Waals surface area (Å²) in [5.74, 6) is 0.850. The van der Waals surface area contributed by atoms with E-state index in [0.717, 1.165) is 18.6 Å². The number of hydrogen-bond acceptors (Lipinski definition) is 4. The van der Waals surface area contributed by atoms with E-state index >= 15 is 0 Å². The Kier molecular flexibility index (Phi) is 7.12. The van der Waals surface area contributed by atoms with Crippen LogP contribution in [0, 0.1) is 0 Å². The first kappa shape index (κ1) is 15.3. The molecule has 0 aromatic rings. The van der Waals surface area contributed by atoms with Crippen LogP contribution in [-0.4, -0.2) is 42.5 Å². The summed E-state index contributed by atoms with van der Waals surface area (Å²) in [6.07, 6.45) is 6.02. The summed E-state index contributed by atoms with van der Waals surface area (Å²) in [4.78, 5) is 22.9. The molecule has 0 aromatic carbocycles. The zero-order chi connectivity index (χ0) is 13.4. The Morgan fingerprint density at radius 1 is 1.44 bits per heavy atom. The molecule has 1 rings (SSSR count). The zero-order valence-electron chi connectivity index (χ0n) is 10.9. The van der Waals surface area contributed by atoms with Gasteiger partial charge in [-0.1, -0.05) is 0 Å². The summed E-state index contributed by atoms with van der Waals surface area (Å²) >= 11 is 1.68. The van der Waals surface area contributed by atoms with Crippen molar-refractivity contribution in [3.8, 4) is 0 Å². The van der Waals surface area contributed by atoms with Crippen molar-refractivity contribution in [1.29, 1.82) is 0 Å². The van der Waals surface area contributed by atoms with E-state index in [1.54, 1.807) is 11.8 Å². The second-order valence-corrected chi connectivity index (χ2v) is 5.61. The van der Waals surface area contributed by atoms with Crippen molar-refractivity contribution >= 4 is 23.6 Å². The van der Waals surface area contributed by atoms with E-state index in [2.05, 4.69) is 10.6 Å². The van der Waals surface area contributed by atoms with Crippen LogP contribution in [-0.2, 0) is 9.59 Å². The highest BCUT2D eigenvalue weighted by molar-refractivity contribution is 7.98. The van der Waals surface area contributed by atoms with Crippen molar-refractivity contribution in [3.05, 3.63) is 0 Å². The minimum Gasteiger partial charge on any atom is -0.355 e. The SMILES string of the molecule is CSCC[C@H](N)C(=O)NCCCC(=O)NC1CC1. The smallest absolute Gasteiger partial charge is 0.236 e. The van der Waals surface area contributed by atoms with Crippen LogP contribution < -0.4 is 16.4 Å². The first-order valence-electron chi connectivity index (χ1n) is 6.45. The molecule has 1 atom stereocenters. The van der Waals surface area contributed by atoms with Crippen LogP contribution in [0.1, 0.15) is 32.1 Å². The molecule has 4 N–H and O–H groups in total. The second-order valence-electron chi connectivity index (χ2n) is 4.62. The van der Waals surface area contributed by atoms with Crippen LogP contribution in [0.3, 0.4) is 0 Å². The first-order valence-corrected chi connectivity index (χ1v) is 7.84. The molecule has 5 nitrogen and oxygen atoms in total. The van der Waals surface area contributed by atoms with Gasteiger partial charge < -0.3 is 16.4 Å². The van der Waals surface area contributed by atoms with Crippen LogP contribution in [0.25, 0.3) is 0 Å². The Labute approximate surface area is 113 Å². The molecule has 104 valence electrons. The maximum absolute atomic E-state index is 11.5. The van der Waals surface area contributed by atoms with Crippen molar-refractivity contribution in [2.24, 2.45) is 5.73 Å². The quantitative estimate of drug-likeness (QED) is 0.526. The highest BCUT2D eigenvalue weighted by Crippen LogP contribution is 2.18. The average Bonchev–Trinajstić information content (AvgIpc) is 3.15. The molecule has 6 heteroatoms. The number of thioether (sulfide) groups is 1. The maximum Gasteiger partial charge on any atom is 0.236 e. The molecule has 0 unspecified atom stereocenters. The second kappa shape index (κ2) is 8.37. The summed E-state index contributed by atoms with van der Waals surface area (Å²) < 4.78 is 0. The van der Waals surface area contributed by atoms with E-state index < -0.39 is 6.04 Å². The lowest BCUT2D eigenvalue weighted by Crippen LogP contribution is -2.41. The lowest BCUT2D eigenvalue weighted by molar-refractivity contribution is -0.123. The van der Waals surface area contributed by atoms with Crippen LogP contribution in [0.2, 0.25) is 0 Å². The topological polar surface area (TPSA) is 84.2 Å². The normalized spacial score (nSPS) is 16.1. The van der Waals surface area contributed by atoms with Gasteiger partial charge in [0.05, 0.1) is 6.04 Å². The number of rotatable bonds is 9. The monoisotopic (exact) mass is 273 g/mol. The molecule has 1 fully saturated rings. The first-order chi connectivity index (χ1) is 8.63. The fraction of sp³-hybridized carbons (Fsp3) is 0.833. The summed E-state index contributed by atoms with van der Waals surface area (Å²) in [5, 5.41) is 5.68. The molecule has 0 bridgehead atoms. The molecule has 0 aromatic heterocycles. The van der Waals surface area contributed by atoms with Crippen LogP contribution in [0.4, 0.5) is 0 Å². The number of hydrogen-bond donors (Lipinski definition) is 3. The van der Waals surface area contributed by atoms with Gasteiger partial charge >= 0.3 is 0 Å². The lowest BCUT2D eigenvalue weighted by atomic mass is 10.2. The predicted molar refractivity (Wildman–Crippen MR) is 74.4 cm³/mol. The van der Waals surface area contributed by atoms with Crippen LogP contribution in [0.5, 0.6) is 0 Å². The molecular formula is C12H23N3O2S. The van der Waals surface area contributed by atoms with Gasteiger partial charge in [-0.15, -0.1) is 0 Å². The third kappa shape index (κ3) is 6.86. The highest BCUT2D eigenvalue weighted by Gasteiger charge is 2.22.